The molecule has 5 rings (SSSR count). The van der Waals surface area contributed by atoms with Gasteiger partial charge in [-0.3, -0.25) is 0 Å². The Balaban J connectivity index is 1.31. The minimum atomic E-state index is -3.75. The van der Waals surface area contributed by atoms with E-state index in [1.54, 1.807) is 9.21 Å². The first kappa shape index (κ1) is 25.2. The minimum Gasteiger partial charge on any atom is -0.450 e. The zero-order valence-corrected chi connectivity index (χ0v) is 21.6. The summed E-state index contributed by atoms with van der Waals surface area (Å²) in [4.78, 5) is 16.5. The Kier molecular flexibility index (Phi) is 7.07. The van der Waals surface area contributed by atoms with Gasteiger partial charge in [-0.1, -0.05) is 24.3 Å². The number of halogens is 1. The predicted octanol–water partition coefficient (Wildman–Crippen LogP) is 3.98. The molecule has 0 saturated carbocycles. The molecule has 2 aromatic rings. The summed E-state index contributed by atoms with van der Waals surface area (Å²) in [7, 11) is -3.75. The van der Waals surface area contributed by atoms with Gasteiger partial charge in [-0.25, -0.2) is 17.6 Å². The van der Waals surface area contributed by atoms with Gasteiger partial charge in [0.2, 0.25) is 10.0 Å². The minimum absolute atomic E-state index is 0.129. The third-order valence-electron chi connectivity index (χ3n) is 8.13. The second-order valence-corrected chi connectivity index (χ2v) is 12.1. The number of hydrogen-bond donors (Lipinski definition) is 0. The van der Waals surface area contributed by atoms with Gasteiger partial charge in [0.15, 0.2) is 0 Å². The van der Waals surface area contributed by atoms with Gasteiger partial charge in [-0.05, 0) is 81.1 Å². The summed E-state index contributed by atoms with van der Waals surface area (Å²) in [6.07, 6.45) is 3.37. The fourth-order valence-corrected chi connectivity index (χ4v) is 7.65. The lowest BCUT2D eigenvalue weighted by Crippen LogP contribution is -2.56. The molecule has 0 aromatic heterocycles. The van der Waals surface area contributed by atoms with Crippen molar-refractivity contribution in [3.8, 4) is 0 Å². The van der Waals surface area contributed by atoms with Crippen LogP contribution in [0, 0.1) is 5.82 Å². The summed E-state index contributed by atoms with van der Waals surface area (Å²) in [6.45, 7) is 6.17. The van der Waals surface area contributed by atoms with E-state index in [0.29, 0.717) is 38.8 Å². The molecule has 3 aliphatic rings. The molecule has 1 spiro atoms. The maximum atomic E-state index is 13.5. The standard InChI is InChI=1S/C27H34FN3O4S/c1-2-35-26(32)30-15-11-23(12-16-30)29-17-13-27(14-18-29)20-31(19-21-5-3-4-6-25(21)27)36(33,34)24-9-7-22(28)8-10-24/h3-10,23H,2,11-20H2,1H3. The lowest BCUT2D eigenvalue weighted by atomic mass is 9.69. The Bertz CT molecular complexity index is 1190. The van der Waals surface area contributed by atoms with E-state index in [0.717, 1.165) is 44.3 Å². The molecular weight excluding hydrogens is 481 g/mol. The molecule has 2 aromatic carbocycles. The van der Waals surface area contributed by atoms with Crippen LogP contribution in [0.2, 0.25) is 0 Å². The van der Waals surface area contributed by atoms with Gasteiger partial charge in [-0.2, -0.15) is 4.31 Å². The van der Waals surface area contributed by atoms with E-state index in [1.165, 1.54) is 29.8 Å². The van der Waals surface area contributed by atoms with E-state index in [1.807, 2.05) is 25.1 Å². The first-order chi connectivity index (χ1) is 17.3. The molecule has 0 bridgehead atoms. The van der Waals surface area contributed by atoms with E-state index < -0.39 is 15.8 Å². The van der Waals surface area contributed by atoms with Crippen LogP contribution in [0.1, 0.15) is 43.7 Å². The highest BCUT2D eigenvalue weighted by Crippen LogP contribution is 2.44. The fraction of sp³-hybridized carbons (Fsp3) is 0.519. The molecule has 1 amide bonds. The molecule has 0 unspecified atom stereocenters. The monoisotopic (exact) mass is 515 g/mol. The molecule has 194 valence electrons. The van der Waals surface area contributed by atoms with Crippen LogP contribution in [-0.4, -0.2) is 74.0 Å². The number of piperidine rings is 2. The second-order valence-electron chi connectivity index (χ2n) is 10.1. The number of carbonyl (C=O) groups is 1. The third-order valence-corrected chi connectivity index (χ3v) is 9.93. The van der Waals surface area contributed by atoms with Gasteiger partial charge in [-0.15, -0.1) is 0 Å². The highest BCUT2D eigenvalue weighted by atomic mass is 32.2. The maximum absolute atomic E-state index is 13.5. The Labute approximate surface area is 212 Å². The van der Waals surface area contributed by atoms with Crippen LogP contribution in [0.15, 0.2) is 53.4 Å². The highest BCUT2D eigenvalue weighted by Gasteiger charge is 2.46. The molecule has 0 radical (unpaired) electrons. The SMILES string of the molecule is CCOC(=O)N1CCC(N2CCC3(CC2)CN(S(=O)(=O)c2ccc(F)cc2)Cc2ccccc23)CC1. The van der Waals surface area contributed by atoms with Crippen LogP contribution in [0.5, 0.6) is 0 Å². The van der Waals surface area contributed by atoms with Crippen LogP contribution in [-0.2, 0) is 26.7 Å². The molecule has 2 saturated heterocycles. The molecule has 0 atom stereocenters. The summed E-state index contributed by atoms with van der Waals surface area (Å²) >= 11 is 0. The Hall–Kier alpha value is -2.49. The van der Waals surface area contributed by atoms with Crippen molar-refractivity contribution >= 4 is 16.1 Å². The van der Waals surface area contributed by atoms with Crippen LogP contribution in [0.3, 0.4) is 0 Å². The predicted molar refractivity (Wildman–Crippen MR) is 135 cm³/mol. The summed E-state index contributed by atoms with van der Waals surface area (Å²) in [6, 6.07) is 13.7. The van der Waals surface area contributed by atoms with Gasteiger partial charge in [0.05, 0.1) is 11.5 Å². The number of hydrogen-bond acceptors (Lipinski definition) is 5. The first-order valence-corrected chi connectivity index (χ1v) is 14.3. The summed E-state index contributed by atoms with van der Waals surface area (Å²) < 4.78 is 47.2. The van der Waals surface area contributed by atoms with Gasteiger partial charge in [0.1, 0.15) is 5.82 Å². The van der Waals surface area contributed by atoms with Gasteiger partial charge < -0.3 is 14.5 Å². The van der Waals surface area contributed by atoms with E-state index in [-0.39, 0.29) is 16.4 Å². The summed E-state index contributed by atoms with van der Waals surface area (Å²) in [5, 5.41) is 0. The average Bonchev–Trinajstić information content (AvgIpc) is 2.90. The van der Waals surface area contributed by atoms with Gasteiger partial charge in [0.25, 0.3) is 0 Å². The van der Waals surface area contributed by atoms with Crippen molar-refractivity contribution in [2.75, 3.05) is 39.3 Å². The number of sulfonamides is 1. The van der Waals surface area contributed by atoms with Crippen molar-refractivity contribution in [2.24, 2.45) is 0 Å². The molecule has 3 aliphatic heterocycles. The second kappa shape index (κ2) is 10.1. The first-order valence-electron chi connectivity index (χ1n) is 12.8. The third kappa shape index (κ3) is 4.76. The van der Waals surface area contributed by atoms with Crippen molar-refractivity contribution in [1.82, 2.24) is 14.1 Å². The number of rotatable bonds is 4. The Morgan fingerprint density at radius 1 is 1.03 bits per heavy atom. The molecule has 7 nitrogen and oxygen atoms in total. The number of likely N-dealkylation sites (tertiary alicyclic amines) is 2. The maximum Gasteiger partial charge on any atom is 0.409 e. The van der Waals surface area contributed by atoms with Crippen molar-refractivity contribution in [1.29, 1.82) is 0 Å². The number of nitrogens with zero attached hydrogens (tertiary/aromatic N) is 3. The normalized spacial score (nSPS) is 21.3. The quantitative estimate of drug-likeness (QED) is 0.616. The Morgan fingerprint density at radius 3 is 2.36 bits per heavy atom. The van der Waals surface area contributed by atoms with Crippen LogP contribution < -0.4 is 0 Å². The van der Waals surface area contributed by atoms with E-state index in [4.69, 9.17) is 4.74 Å². The fourth-order valence-electron chi connectivity index (χ4n) is 6.14. The van der Waals surface area contributed by atoms with Crippen molar-refractivity contribution in [3.63, 3.8) is 0 Å². The van der Waals surface area contributed by atoms with Crippen molar-refractivity contribution < 1.29 is 22.3 Å². The van der Waals surface area contributed by atoms with Crippen molar-refractivity contribution in [2.45, 2.75) is 55.5 Å². The molecule has 0 aliphatic carbocycles. The molecule has 0 N–H and O–H groups in total. The Morgan fingerprint density at radius 2 is 1.69 bits per heavy atom. The zero-order chi connectivity index (χ0) is 25.3. The van der Waals surface area contributed by atoms with Crippen LogP contribution in [0.25, 0.3) is 0 Å². The topological polar surface area (TPSA) is 70.2 Å². The number of benzene rings is 2. The molecular formula is C27H34FN3O4S. The van der Waals surface area contributed by atoms with Crippen molar-refractivity contribution in [3.05, 3.63) is 65.5 Å². The summed E-state index contributed by atoms with van der Waals surface area (Å²) in [5.41, 5.74) is 2.06. The number of amides is 1. The average molecular weight is 516 g/mol. The van der Waals surface area contributed by atoms with Crippen LogP contribution in [0.4, 0.5) is 9.18 Å². The molecule has 9 heteroatoms. The lowest BCUT2D eigenvalue weighted by Gasteiger charge is -2.50. The smallest absolute Gasteiger partial charge is 0.409 e. The lowest BCUT2D eigenvalue weighted by molar-refractivity contribution is 0.0506. The van der Waals surface area contributed by atoms with Crippen LogP contribution >= 0.6 is 0 Å². The highest BCUT2D eigenvalue weighted by molar-refractivity contribution is 7.89. The summed E-state index contributed by atoms with van der Waals surface area (Å²) in [5.74, 6) is -0.449. The van der Waals surface area contributed by atoms with E-state index in [9.17, 15) is 17.6 Å². The number of ether oxygens (including phenoxy) is 1. The van der Waals surface area contributed by atoms with E-state index in [2.05, 4.69) is 11.0 Å². The zero-order valence-electron chi connectivity index (χ0n) is 20.7. The molecule has 3 heterocycles. The van der Waals surface area contributed by atoms with Gasteiger partial charge >= 0.3 is 6.09 Å². The van der Waals surface area contributed by atoms with Gasteiger partial charge in [0, 0.05) is 37.6 Å². The molecule has 2 fully saturated rings. The van der Waals surface area contributed by atoms with E-state index >= 15 is 0 Å². The number of fused-ring (bicyclic) bond motifs is 2. The largest absolute Gasteiger partial charge is 0.450 e. The molecule has 36 heavy (non-hydrogen) atoms. The number of carbonyl (C=O) groups excluding carboxylic acids is 1.